The van der Waals surface area contributed by atoms with E-state index in [1.807, 2.05) is 79.9 Å². The molecule has 0 spiro atoms. The van der Waals surface area contributed by atoms with Gasteiger partial charge in [0.15, 0.2) is 15.5 Å². The second kappa shape index (κ2) is 8.92. The second-order valence-corrected chi connectivity index (χ2v) is 11.6. The van der Waals surface area contributed by atoms with Gasteiger partial charge in [0.05, 0.1) is 28.8 Å². The summed E-state index contributed by atoms with van der Waals surface area (Å²) in [6, 6.07) is 17.7. The van der Waals surface area contributed by atoms with E-state index in [9.17, 15) is 13.2 Å². The van der Waals surface area contributed by atoms with Gasteiger partial charge in [-0.3, -0.25) is 4.79 Å². The summed E-state index contributed by atoms with van der Waals surface area (Å²) in [6.45, 7) is 6.26. The summed E-state index contributed by atoms with van der Waals surface area (Å²) in [4.78, 5) is 22.8. The predicted octanol–water partition coefficient (Wildman–Crippen LogP) is 4.31. The third kappa shape index (κ3) is 4.71. The number of benzene rings is 2. The summed E-state index contributed by atoms with van der Waals surface area (Å²) in [7, 11) is -3.09. The molecule has 0 bridgehead atoms. The van der Waals surface area contributed by atoms with E-state index < -0.39 is 9.84 Å². The van der Waals surface area contributed by atoms with Crippen molar-refractivity contribution < 1.29 is 13.2 Å². The van der Waals surface area contributed by atoms with Crippen LogP contribution in [0.4, 0.5) is 0 Å². The summed E-state index contributed by atoms with van der Waals surface area (Å²) >= 11 is 0. The highest BCUT2D eigenvalue weighted by Crippen LogP contribution is 2.32. The van der Waals surface area contributed by atoms with Crippen LogP contribution in [-0.2, 0) is 16.4 Å². The molecule has 4 aromatic rings. The Morgan fingerprint density at radius 2 is 1.66 bits per heavy atom. The Balaban J connectivity index is 1.59. The molecule has 0 aliphatic carbocycles. The molecule has 8 heteroatoms. The van der Waals surface area contributed by atoms with Crippen molar-refractivity contribution >= 4 is 26.8 Å². The lowest BCUT2D eigenvalue weighted by Crippen LogP contribution is -2.24. The zero-order chi connectivity index (χ0) is 24.7. The van der Waals surface area contributed by atoms with Gasteiger partial charge in [-0.25, -0.2) is 18.4 Å². The molecule has 1 amide bonds. The Kier molecular flexibility index (Phi) is 5.92. The highest BCUT2D eigenvalue weighted by Gasteiger charge is 2.32. The number of aryl methyl sites for hydroxylation is 3. The van der Waals surface area contributed by atoms with E-state index in [1.54, 1.807) is 0 Å². The SMILES string of the molecule is Cc1ccc(CNC(=O)c2nc(-c3ccc(C)cc3)cc3c2nc(C)n3C2CCS(=O)(=O)C2)cc1. The van der Waals surface area contributed by atoms with E-state index in [4.69, 9.17) is 4.98 Å². The van der Waals surface area contributed by atoms with Gasteiger partial charge in [-0.05, 0) is 38.8 Å². The van der Waals surface area contributed by atoms with Crippen LogP contribution >= 0.6 is 0 Å². The first kappa shape index (κ1) is 23.2. The fourth-order valence-electron chi connectivity index (χ4n) is 4.65. The molecule has 1 aliphatic rings. The number of aromatic nitrogens is 3. The average Bonchev–Trinajstić information content (AvgIpc) is 3.35. The number of hydrogen-bond acceptors (Lipinski definition) is 5. The number of nitrogens with zero attached hydrogens (tertiary/aromatic N) is 3. The zero-order valence-electron chi connectivity index (χ0n) is 20.1. The minimum atomic E-state index is -3.09. The lowest BCUT2D eigenvalue weighted by Gasteiger charge is -2.15. The molecule has 1 fully saturated rings. The molecular weight excluding hydrogens is 460 g/mol. The number of sulfone groups is 1. The van der Waals surface area contributed by atoms with Crippen LogP contribution in [0.25, 0.3) is 22.3 Å². The molecule has 2 aromatic carbocycles. The van der Waals surface area contributed by atoms with E-state index in [2.05, 4.69) is 10.3 Å². The first-order chi connectivity index (χ1) is 16.7. The summed E-state index contributed by atoms with van der Waals surface area (Å²) in [5.41, 5.74) is 6.28. The molecule has 5 rings (SSSR count). The van der Waals surface area contributed by atoms with Crippen molar-refractivity contribution in [3.63, 3.8) is 0 Å². The third-order valence-corrected chi connectivity index (χ3v) is 8.31. The zero-order valence-corrected chi connectivity index (χ0v) is 20.9. The number of fused-ring (bicyclic) bond motifs is 1. The molecule has 1 aliphatic heterocycles. The monoisotopic (exact) mass is 488 g/mol. The Bertz CT molecular complexity index is 1520. The Morgan fingerprint density at radius 3 is 2.29 bits per heavy atom. The van der Waals surface area contributed by atoms with Crippen LogP contribution in [0.15, 0.2) is 54.6 Å². The largest absolute Gasteiger partial charge is 0.347 e. The summed E-state index contributed by atoms with van der Waals surface area (Å²) in [6.07, 6.45) is 0.534. The van der Waals surface area contributed by atoms with Crippen LogP contribution in [0.2, 0.25) is 0 Å². The molecule has 1 unspecified atom stereocenters. The van der Waals surface area contributed by atoms with E-state index in [1.165, 1.54) is 0 Å². The number of nitrogens with one attached hydrogen (secondary N) is 1. The van der Waals surface area contributed by atoms with Gasteiger partial charge in [0.25, 0.3) is 5.91 Å². The Morgan fingerprint density at radius 1 is 1.00 bits per heavy atom. The van der Waals surface area contributed by atoms with Gasteiger partial charge in [0, 0.05) is 12.1 Å². The van der Waals surface area contributed by atoms with Crippen molar-refractivity contribution in [1.82, 2.24) is 19.9 Å². The number of rotatable bonds is 5. The second-order valence-electron chi connectivity index (χ2n) is 9.34. The maximum atomic E-state index is 13.4. The van der Waals surface area contributed by atoms with E-state index in [0.717, 1.165) is 27.8 Å². The lowest BCUT2D eigenvalue weighted by atomic mass is 10.1. The molecule has 2 aromatic heterocycles. The fourth-order valence-corrected chi connectivity index (χ4v) is 6.35. The normalized spacial score (nSPS) is 17.1. The van der Waals surface area contributed by atoms with Gasteiger partial charge in [-0.2, -0.15) is 0 Å². The smallest absolute Gasteiger partial charge is 0.272 e. The number of imidazole rings is 1. The van der Waals surface area contributed by atoms with Crippen LogP contribution < -0.4 is 5.32 Å². The van der Waals surface area contributed by atoms with Gasteiger partial charge in [-0.15, -0.1) is 0 Å². The molecule has 7 nitrogen and oxygen atoms in total. The van der Waals surface area contributed by atoms with Gasteiger partial charge >= 0.3 is 0 Å². The highest BCUT2D eigenvalue weighted by molar-refractivity contribution is 7.91. The van der Waals surface area contributed by atoms with Crippen molar-refractivity contribution in [2.75, 3.05) is 11.5 Å². The van der Waals surface area contributed by atoms with Crippen molar-refractivity contribution in [2.45, 2.75) is 39.8 Å². The Labute approximate surface area is 205 Å². The molecule has 35 heavy (non-hydrogen) atoms. The quantitative estimate of drug-likeness (QED) is 0.452. The van der Waals surface area contributed by atoms with Crippen LogP contribution in [0, 0.1) is 20.8 Å². The average molecular weight is 489 g/mol. The standard InChI is InChI=1S/C27H28N4O3S/c1-17-4-8-20(9-5-17)15-28-27(32)26-25-24(14-23(30-26)21-10-6-18(2)7-11-21)31(19(3)29-25)22-12-13-35(33,34)16-22/h4-11,14,22H,12-13,15-16H2,1-3H3,(H,28,32). The molecule has 1 saturated heterocycles. The third-order valence-electron chi connectivity index (χ3n) is 6.56. The molecule has 1 atom stereocenters. The van der Waals surface area contributed by atoms with Gasteiger partial charge in [0.1, 0.15) is 11.3 Å². The number of hydrogen-bond donors (Lipinski definition) is 1. The van der Waals surface area contributed by atoms with Crippen LogP contribution in [0.1, 0.15) is 45.5 Å². The topological polar surface area (TPSA) is 93.9 Å². The van der Waals surface area contributed by atoms with Crippen LogP contribution in [0.5, 0.6) is 0 Å². The van der Waals surface area contributed by atoms with Crippen molar-refractivity contribution in [2.24, 2.45) is 0 Å². The van der Waals surface area contributed by atoms with E-state index in [0.29, 0.717) is 30.0 Å². The van der Waals surface area contributed by atoms with Gasteiger partial charge in [-0.1, -0.05) is 59.7 Å². The minimum Gasteiger partial charge on any atom is -0.347 e. The molecule has 180 valence electrons. The summed E-state index contributed by atoms with van der Waals surface area (Å²) < 4.78 is 26.4. The van der Waals surface area contributed by atoms with E-state index in [-0.39, 0.29) is 29.1 Å². The molecule has 1 N–H and O–H groups in total. The number of carbonyl (C=O) groups is 1. The minimum absolute atomic E-state index is 0.0798. The highest BCUT2D eigenvalue weighted by atomic mass is 32.2. The number of pyridine rings is 1. The van der Waals surface area contributed by atoms with Gasteiger partial charge in [0.2, 0.25) is 0 Å². The van der Waals surface area contributed by atoms with Crippen molar-refractivity contribution in [1.29, 1.82) is 0 Å². The molecule has 0 saturated carbocycles. The maximum absolute atomic E-state index is 13.4. The molecule has 3 heterocycles. The van der Waals surface area contributed by atoms with Crippen LogP contribution in [-0.4, -0.2) is 40.4 Å². The van der Waals surface area contributed by atoms with E-state index >= 15 is 0 Å². The fraction of sp³-hybridized carbons (Fsp3) is 0.296. The summed E-state index contributed by atoms with van der Waals surface area (Å²) in [5, 5.41) is 2.98. The first-order valence-corrected chi connectivity index (χ1v) is 13.5. The summed E-state index contributed by atoms with van der Waals surface area (Å²) in [5.74, 6) is 0.610. The Hall–Kier alpha value is -3.52. The first-order valence-electron chi connectivity index (χ1n) is 11.7. The lowest BCUT2D eigenvalue weighted by molar-refractivity contribution is 0.0947. The van der Waals surface area contributed by atoms with Crippen molar-refractivity contribution in [3.05, 3.63) is 82.8 Å². The number of amides is 1. The molecule has 0 radical (unpaired) electrons. The predicted molar refractivity (Wildman–Crippen MR) is 137 cm³/mol. The van der Waals surface area contributed by atoms with Crippen LogP contribution in [0.3, 0.4) is 0 Å². The van der Waals surface area contributed by atoms with Gasteiger partial charge < -0.3 is 9.88 Å². The maximum Gasteiger partial charge on any atom is 0.272 e. The van der Waals surface area contributed by atoms with Crippen molar-refractivity contribution in [3.8, 4) is 11.3 Å². The number of carbonyl (C=O) groups excluding carboxylic acids is 1. The molecular formula is C27H28N4O3S.